The third-order valence-corrected chi connectivity index (χ3v) is 9.25. The van der Waals surface area contributed by atoms with E-state index in [9.17, 15) is 8.42 Å². The zero-order chi connectivity index (χ0) is 23.5. The fraction of sp³-hybridized carbons (Fsp3) is 0.481. The lowest BCUT2D eigenvalue weighted by Crippen LogP contribution is -2.45. The molecule has 0 aliphatic carbocycles. The zero-order valence-corrected chi connectivity index (χ0v) is 20.8. The van der Waals surface area contributed by atoms with Gasteiger partial charge in [0.25, 0.3) is 0 Å². The maximum absolute atomic E-state index is 12.2. The van der Waals surface area contributed by atoms with Crippen LogP contribution in [0.15, 0.2) is 48.7 Å². The first-order valence-corrected chi connectivity index (χ1v) is 14.1. The molecule has 5 rings (SSSR count). The number of nitrogens with zero attached hydrogens (tertiary/aromatic N) is 3. The number of fused-ring (bicyclic) bond motifs is 1. The first-order valence-electron chi connectivity index (χ1n) is 12.5. The highest BCUT2D eigenvalue weighted by atomic mass is 32.2. The molecule has 0 atom stereocenters. The first kappa shape index (κ1) is 23.5. The molecule has 2 aromatic carbocycles. The van der Waals surface area contributed by atoms with Gasteiger partial charge in [-0.1, -0.05) is 30.3 Å². The zero-order valence-electron chi connectivity index (χ0n) is 20.0. The van der Waals surface area contributed by atoms with Crippen LogP contribution in [0, 0.1) is 0 Å². The third kappa shape index (κ3) is 5.23. The predicted octanol–water partition coefficient (Wildman–Crippen LogP) is 3.79. The summed E-state index contributed by atoms with van der Waals surface area (Å²) in [6.07, 6.45) is 6.19. The molecule has 2 aromatic rings. The van der Waals surface area contributed by atoms with Gasteiger partial charge >= 0.3 is 0 Å². The summed E-state index contributed by atoms with van der Waals surface area (Å²) in [7, 11) is -3.08. The molecule has 182 valence electrons. The number of hydrogen-bond acceptors (Lipinski definition) is 5. The van der Waals surface area contributed by atoms with E-state index in [-0.39, 0.29) is 5.75 Å². The van der Waals surface area contributed by atoms with Gasteiger partial charge in [0.05, 0.1) is 19.0 Å². The lowest BCUT2D eigenvalue weighted by atomic mass is 9.95. The molecule has 6 nitrogen and oxygen atoms in total. The van der Waals surface area contributed by atoms with Gasteiger partial charge in [-0.05, 0) is 65.8 Å². The molecular weight excluding hydrogens is 446 g/mol. The van der Waals surface area contributed by atoms with Crippen molar-refractivity contribution in [1.82, 2.24) is 14.1 Å². The van der Waals surface area contributed by atoms with Gasteiger partial charge in [-0.25, -0.2) is 12.7 Å². The van der Waals surface area contributed by atoms with Crippen LogP contribution < -0.4 is 0 Å². The largest absolute Gasteiger partial charge is 0.379 e. The minimum Gasteiger partial charge on any atom is -0.379 e. The van der Waals surface area contributed by atoms with Crippen LogP contribution in [0.4, 0.5) is 0 Å². The van der Waals surface area contributed by atoms with Gasteiger partial charge in [-0.3, -0.25) is 4.90 Å². The maximum Gasteiger partial charge on any atom is 0.213 e. The highest BCUT2D eigenvalue weighted by Crippen LogP contribution is 2.30. The van der Waals surface area contributed by atoms with Crippen LogP contribution in [0.3, 0.4) is 0 Å². The average Bonchev–Trinajstić information content (AvgIpc) is 2.89. The van der Waals surface area contributed by atoms with Crippen LogP contribution in [0.2, 0.25) is 0 Å². The van der Waals surface area contributed by atoms with E-state index in [0.29, 0.717) is 19.1 Å². The van der Waals surface area contributed by atoms with E-state index in [2.05, 4.69) is 64.5 Å². The molecule has 0 N–H and O–H groups in total. The lowest BCUT2D eigenvalue weighted by molar-refractivity contribution is 0.0342. The average molecular weight is 482 g/mol. The Hall–Kier alpha value is -2.19. The summed E-state index contributed by atoms with van der Waals surface area (Å²) < 4.78 is 31.5. The molecule has 0 saturated carbocycles. The van der Waals surface area contributed by atoms with Crippen LogP contribution in [0.1, 0.15) is 36.5 Å². The van der Waals surface area contributed by atoms with Crippen LogP contribution in [-0.2, 0) is 27.8 Å². The topological polar surface area (TPSA) is 53.1 Å². The van der Waals surface area contributed by atoms with Gasteiger partial charge in [-0.15, -0.1) is 0 Å². The second-order valence-corrected chi connectivity index (χ2v) is 11.8. The van der Waals surface area contributed by atoms with Crippen molar-refractivity contribution in [2.24, 2.45) is 0 Å². The van der Waals surface area contributed by atoms with Gasteiger partial charge in [-0.2, -0.15) is 0 Å². The molecule has 3 aliphatic rings. The van der Waals surface area contributed by atoms with Crippen molar-refractivity contribution < 1.29 is 13.2 Å². The van der Waals surface area contributed by atoms with E-state index >= 15 is 0 Å². The van der Waals surface area contributed by atoms with Crippen LogP contribution in [-0.4, -0.2) is 73.7 Å². The predicted molar refractivity (Wildman–Crippen MR) is 137 cm³/mol. The molecule has 34 heavy (non-hydrogen) atoms. The molecule has 0 radical (unpaired) electrons. The quantitative estimate of drug-likeness (QED) is 0.629. The standard InChI is InChI=1S/C27H35N3O3S/c1-2-34(31,32)30-12-9-27(10-13-30)29-11-8-25-19-24(6-7-26(25)21-29)23-5-3-4-22(18-23)20-28-14-16-33-17-15-28/h3-8,11,18-19,27H,2,9-10,12-17,20-21H2,1H3. The number of hydrogen-bond donors (Lipinski definition) is 0. The van der Waals surface area contributed by atoms with Crippen LogP contribution in [0.25, 0.3) is 17.2 Å². The van der Waals surface area contributed by atoms with E-state index in [1.54, 1.807) is 11.2 Å². The van der Waals surface area contributed by atoms with E-state index in [0.717, 1.165) is 52.2 Å². The number of morpholine rings is 1. The fourth-order valence-electron chi connectivity index (χ4n) is 5.25. The molecule has 3 aliphatic heterocycles. The summed E-state index contributed by atoms with van der Waals surface area (Å²) >= 11 is 0. The summed E-state index contributed by atoms with van der Waals surface area (Å²) in [6.45, 7) is 8.46. The van der Waals surface area contributed by atoms with Crippen molar-refractivity contribution in [2.75, 3.05) is 45.1 Å². The molecular formula is C27H35N3O3S. The monoisotopic (exact) mass is 481 g/mol. The van der Waals surface area contributed by atoms with Gasteiger partial charge in [0.1, 0.15) is 0 Å². The van der Waals surface area contributed by atoms with E-state index in [4.69, 9.17) is 4.74 Å². The molecule has 0 spiro atoms. The van der Waals surface area contributed by atoms with E-state index < -0.39 is 10.0 Å². The summed E-state index contributed by atoms with van der Waals surface area (Å²) in [5.74, 6) is 0.188. The van der Waals surface area contributed by atoms with Crippen molar-refractivity contribution in [3.8, 4) is 11.1 Å². The SMILES string of the molecule is CCS(=O)(=O)N1CCC(N2C=Cc3cc(-c4cccc(CN5CCOCC5)c4)ccc3C2)CC1. The minimum atomic E-state index is -3.08. The number of piperidine rings is 1. The highest BCUT2D eigenvalue weighted by molar-refractivity contribution is 7.89. The van der Waals surface area contributed by atoms with Gasteiger partial charge in [0.15, 0.2) is 0 Å². The number of ether oxygens (including phenoxy) is 1. The van der Waals surface area contributed by atoms with E-state index in [1.165, 1.54) is 27.8 Å². The summed E-state index contributed by atoms with van der Waals surface area (Å²) in [6, 6.07) is 16.1. The molecule has 7 heteroatoms. The fourth-order valence-corrected chi connectivity index (χ4v) is 6.38. The van der Waals surface area contributed by atoms with Crippen molar-refractivity contribution in [3.63, 3.8) is 0 Å². The highest BCUT2D eigenvalue weighted by Gasteiger charge is 2.29. The summed E-state index contributed by atoms with van der Waals surface area (Å²) in [5.41, 5.74) is 6.46. The summed E-state index contributed by atoms with van der Waals surface area (Å²) in [5, 5.41) is 0. The smallest absolute Gasteiger partial charge is 0.213 e. The molecule has 0 aromatic heterocycles. The second-order valence-electron chi connectivity index (χ2n) is 9.52. The number of rotatable bonds is 6. The Kier molecular flexibility index (Phi) is 7.06. The Morgan fingerprint density at radius 2 is 1.74 bits per heavy atom. The second kappa shape index (κ2) is 10.2. The molecule has 0 amide bonds. The van der Waals surface area contributed by atoms with Crippen molar-refractivity contribution in [3.05, 3.63) is 65.4 Å². The Labute approximate surface area is 203 Å². The molecule has 3 heterocycles. The summed E-state index contributed by atoms with van der Waals surface area (Å²) in [4.78, 5) is 4.84. The Balaban J connectivity index is 1.25. The molecule has 0 bridgehead atoms. The normalized spacial score (nSPS) is 20.4. The lowest BCUT2D eigenvalue weighted by Gasteiger charge is -2.39. The molecule has 2 fully saturated rings. The Bertz CT molecular complexity index is 1130. The van der Waals surface area contributed by atoms with Gasteiger partial charge in [0, 0.05) is 51.5 Å². The van der Waals surface area contributed by atoms with Gasteiger partial charge < -0.3 is 9.64 Å². The third-order valence-electron chi connectivity index (χ3n) is 7.37. The first-order chi connectivity index (χ1) is 16.5. The van der Waals surface area contributed by atoms with Gasteiger partial charge in [0.2, 0.25) is 10.0 Å². The van der Waals surface area contributed by atoms with Crippen molar-refractivity contribution in [2.45, 2.75) is 38.9 Å². The molecule has 0 unspecified atom stereocenters. The number of sulfonamides is 1. The Morgan fingerprint density at radius 1 is 0.971 bits per heavy atom. The molecule has 2 saturated heterocycles. The van der Waals surface area contributed by atoms with Crippen molar-refractivity contribution >= 4 is 16.1 Å². The number of benzene rings is 2. The Morgan fingerprint density at radius 3 is 2.50 bits per heavy atom. The minimum absolute atomic E-state index is 0.188. The van der Waals surface area contributed by atoms with Crippen molar-refractivity contribution in [1.29, 1.82) is 0 Å². The van der Waals surface area contributed by atoms with E-state index in [1.807, 2.05) is 0 Å². The van der Waals surface area contributed by atoms with Crippen LogP contribution >= 0.6 is 0 Å². The maximum atomic E-state index is 12.2. The van der Waals surface area contributed by atoms with Crippen LogP contribution in [0.5, 0.6) is 0 Å².